The normalized spacial score (nSPS) is 22.3. The molecule has 100 valence electrons. The van der Waals surface area contributed by atoms with E-state index in [4.69, 9.17) is 0 Å². The van der Waals surface area contributed by atoms with Crippen molar-refractivity contribution in [2.24, 2.45) is 0 Å². The Kier molecular flexibility index (Phi) is 3.60. The number of aromatic nitrogens is 3. The zero-order valence-corrected chi connectivity index (χ0v) is 11.3. The average Bonchev–Trinajstić information content (AvgIpc) is 3.02. The first-order chi connectivity index (χ1) is 9.34. The van der Waals surface area contributed by atoms with Gasteiger partial charge in [0.1, 0.15) is 0 Å². The Morgan fingerprint density at radius 2 is 2.11 bits per heavy atom. The van der Waals surface area contributed by atoms with Crippen molar-refractivity contribution in [2.75, 3.05) is 13.1 Å². The SMILES string of the molecule is C[C@@H](c1ccncc1)N1CCC[C@H](c2ccn[nH]2)C1. The van der Waals surface area contributed by atoms with E-state index < -0.39 is 0 Å². The molecular weight excluding hydrogens is 236 g/mol. The largest absolute Gasteiger partial charge is 0.296 e. The first-order valence-corrected chi connectivity index (χ1v) is 6.98. The number of pyridine rings is 1. The van der Waals surface area contributed by atoms with Gasteiger partial charge in [-0.2, -0.15) is 5.10 Å². The van der Waals surface area contributed by atoms with Gasteiger partial charge >= 0.3 is 0 Å². The zero-order chi connectivity index (χ0) is 13.1. The van der Waals surface area contributed by atoms with Crippen LogP contribution in [-0.4, -0.2) is 33.2 Å². The molecule has 4 heteroatoms. The summed E-state index contributed by atoms with van der Waals surface area (Å²) in [5, 5.41) is 7.19. The lowest BCUT2D eigenvalue weighted by Gasteiger charge is -2.36. The number of piperidine rings is 1. The molecule has 1 aliphatic rings. The molecule has 3 heterocycles. The zero-order valence-electron chi connectivity index (χ0n) is 11.3. The van der Waals surface area contributed by atoms with Gasteiger partial charge in [-0.25, -0.2) is 0 Å². The molecule has 2 atom stereocenters. The highest BCUT2D eigenvalue weighted by Crippen LogP contribution is 2.30. The van der Waals surface area contributed by atoms with E-state index in [1.807, 2.05) is 18.6 Å². The van der Waals surface area contributed by atoms with Crippen LogP contribution in [0.4, 0.5) is 0 Å². The molecule has 0 bridgehead atoms. The minimum absolute atomic E-state index is 0.453. The van der Waals surface area contributed by atoms with Crippen LogP contribution in [0.3, 0.4) is 0 Å². The molecule has 4 nitrogen and oxygen atoms in total. The molecular formula is C15H20N4. The van der Waals surface area contributed by atoms with Gasteiger partial charge in [0.15, 0.2) is 0 Å². The number of rotatable bonds is 3. The Labute approximate surface area is 113 Å². The summed E-state index contributed by atoms with van der Waals surface area (Å²) >= 11 is 0. The second kappa shape index (κ2) is 5.53. The van der Waals surface area contributed by atoms with Gasteiger partial charge in [-0.3, -0.25) is 15.0 Å². The van der Waals surface area contributed by atoms with Crippen LogP contribution in [0.1, 0.15) is 43.0 Å². The molecule has 1 N–H and O–H groups in total. The molecule has 1 saturated heterocycles. The molecule has 1 fully saturated rings. The van der Waals surface area contributed by atoms with Crippen molar-refractivity contribution in [2.45, 2.75) is 31.7 Å². The maximum Gasteiger partial charge on any atom is 0.0490 e. The van der Waals surface area contributed by atoms with Crippen molar-refractivity contribution in [3.05, 3.63) is 48.0 Å². The number of nitrogens with one attached hydrogen (secondary N) is 1. The molecule has 0 radical (unpaired) electrons. The van der Waals surface area contributed by atoms with Crippen LogP contribution in [0.5, 0.6) is 0 Å². The van der Waals surface area contributed by atoms with E-state index in [0.717, 1.165) is 6.54 Å². The second-order valence-corrected chi connectivity index (χ2v) is 5.30. The van der Waals surface area contributed by atoms with Crippen molar-refractivity contribution >= 4 is 0 Å². The monoisotopic (exact) mass is 256 g/mol. The van der Waals surface area contributed by atoms with Crippen LogP contribution in [0.25, 0.3) is 0 Å². The van der Waals surface area contributed by atoms with E-state index in [-0.39, 0.29) is 0 Å². The lowest BCUT2D eigenvalue weighted by atomic mass is 9.93. The smallest absolute Gasteiger partial charge is 0.0490 e. The van der Waals surface area contributed by atoms with Gasteiger partial charge in [0.25, 0.3) is 0 Å². The van der Waals surface area contributed by atoms with Crippen molar-refractivity contribution in [3.8, 4) is 0 Å². The summed E-state index contributed by atoms with van der Waals surface area (Å²) < 4.78 is 0. The van der Waals surface area contributed by atoms with Crippen molar-refractivity contribution in [1.82, 2.24) is 20.1 Å². The van der Waals surface area contributed by atoms with E-state index in [9.17, 15) is 0 Å². The Hall–Kier alpha value is -1.68. The molecule has 1 aliphatic heterocycles. The third-order valence-electron chi connectivity index (χ3n) is 4.15. The van der Waals surface area contributed by atoms with Gasteiger partial charge in [0.05, 0.1) is 0 Å². The van der Waals surface area contributed by atoms with Gasteiger partial charge < -0.3 is 0 Å². The predicted molar refractivity (Wildman–Crippen MR) is 74.8 cm³/mol. The standard InChI is InChI=1S/C15H20N4/c1-12(13-4-7-16-8-5-13)19-10-2-3-14(11-19)15-6-9-17-18-15/h4-9,12,14H,2-3,10-11H2,1H3,(H,17,18)/t12-,14-/m0/s1. The van der Waals surface area contributed by atoms with Crippen molar-refractivity contribution < 1.29 is 0 Å². The summed E-state index contributed by atoms with van der Waals surface area (Å²) in [6, 6.07) is 6.79. The first kappa shape index (κ1) is 12.4. The highest BCUT2D eigenvalue weighted by Gasteiger charge is 2.25. The van der Waals surface area contributed by atoms with Crippen LogP contribution in [0.15, 0.2) is 36.8 Å². The maximum absolute atomic E-state index is 4.10. The Bertz CT molecular complexity index is 494. The summed E-state index contributed by atoms with van der Waals surface area (Å²) in [5.74, 6) is 0.584. The third-order valence-corrected chi connectivity index (χ3v) is 4.15. The summed E-state index contributed by atoms with van der Waals surface area (Å²) in [6.45, 7) is 4.56. The molecule has 3 rings (SSSR count). The fourth-order valence-electron chi connectivity index (χ4n) is 2.96. The fourth-order valence-corrected chi connectivity index (χ4v) is 2.96. The molecule has 2 aromatic rings. The number of aromatic amines is 1. The highest BCUT2D eigenvalue weighted by atomic mass is 15.2. The molecule has 0 unspecified atom stereocenters. The molecule has 0 spiro atoms. The second-order valence-electron chi connectivity index (χ2n) is 5.30. The minimum atomic E-state index is 0.453. The quantitative estimate of drug-likeness (QED) is 0.918. The lowest BCUT2D eigenvalue weighted by molar-refractivity contribution is 0.157. The molecule has 0 saturated carbocycles. The van der Waals surface area contributed by atoms with Gasteiger partial charge in [0, 0.05) is 42.8 Å². The van der Waals surface area contributed by atoms with Gasteiger partial charge in [-0.05, 0) is 50.1 Å². The minimum Gasteiger partial charge on any atom is -0.296 e. The topological polar surface area (TPSA) is 44.8 Å². The number of likely N-dealkylation sites (tertiary alicyclic amines) is 1. The van der Waals surface area contributed by atoms with E-state index in [0.29, 0.717) is 12.0 Å². The number of nitrogens with zero attached hydrogens (tertiary/aromatic N) is 3. The van der Waals surface area contributed by atoms with Crippen LogP contribution in [-0.2, 0) is 0 Å². The highest BCUT2D eigenvalue weighted by molar-refractivity contribution is 5.15. The first-order valence-electron chi connectivity index (χ1n) is 6.98. The van der Waals surface area contributed by atoms with Crippen molar-refractivity contribution in [3.63, 3.8) is 0 Å². The fraction of sp³-hybridized carbons (Fsp3) is 0.467. The van der Waals surface area contributed by atoms with Crippen LogP contribution in [0, 0.1) is 0 Å². The van der Waals surface area contributed by atoms with Crippen LogP contribution < -0.4 is 0 Å². The maximum atomic E-state index is 4.10. The Morgan fingerprint density at radius 1 is 1.26 bits per heavy atom. The van der Waals surface area contributed by atoms with Crippen LogP contribution >= 0.6 is 0 Å². The summed E-state index contributed by atoms with van der Waals surface area (Å²) in [5.41, 5.74) is 2.62. The van der Waals surface area contributed by atoms with Crippen molar-refractivity contribution in [1.29, 1.82) is 0 Å². The lowest BCUT2D eigenvalue weighted by Crippen LogP contribution is -2.36. The third kappa shape index (κ3) is 2.68. The number of hydrogen-bond acceptors (Lipinski definition) is 3. The molecule has 2 aromatic heterocycles. The van der Waals surface area contributed by atoms with E-state index >= 15 is 0 Å². The van der Waals surface area contributed by atoms with Gasteiger partial charge in [-0.15, -0.1) is 0 Å². The number of H-pyrrole nitrogens is 1. The van der Waals surface area contributed by atoms with E-state index in [2.05, 4.69) is 45.2 Å². The average molecular weight is 256 g/mol. The molecule has 0 aromatic carbocycles. The Morgan fingerprint density at radius 3 is 2.84 bits per heavy atom. The molecule has 0 amide bonds. The van der Waals surface area contributed by atoms with Crippen LogP contribution in [0.2, 0.25) is 0 Å². The molecule has 0 aliphatic carbocycles. The summed E-state index contributed by atoms with van der Waals surface area (Å²) in [4.78, 5) is 6.66. The number of hydrogen-bond donors (Lipinski definition) is 1. The Balaban J connectivity index is 1.71. The van der Waals surface area contributed by atoms with Gasteiger partial charge in [-0.1, -0.05) is 0 Å². The molecule has 19 heavy (non-hydrogen) atoms. The predicted octanol–water partition coefficient (Wildman–Crippen LogP) is 2.75. The van der Waals surface area contributed by atoms with E-state index in [1.165, 1.54) is 30.6 Å². The summed E-state index contributed by atoms with van der Waals surface area (Å²) in [7, 11) is 0. The van der Waals surface area contributed by atoms with E-state index in [1.54, 1.807) is 0 Å². The van der Waals surface area contributed by atoms with Gasteiger partial charge in [0.2, 0.25) is 0 Å². The summed E-state index contributed by atoms with van der Waals surface area (Å²) in [6.07, 6.45) is 8.10.